The zero-order valence-electron chi connectivity index (χ0n) is 31.7. The van der Waals surface area contributed by atoms with Crippen LogP contribution in [0.5, 0.6) is 0 Å². The second-order valence-corrected chi connectivity index (χ2v) is 17.1. The highest BCUT2D eigenvalue weighted by atomic mass is 32.2. The molecule has 0 bridgehead atoms. The first-order valence-electron chi connectivity index (χ1n) is 19.8. The zero-order chi connectivity index (χ0) is 38.4. The molecule has 0 spiro atoms. The smallest absolute Gasteiger partial charge is 0.0473 e. The molecule has 0 radical (unpaired) electrons. The van der Waals surface area contributed by atoms with Crippen LogP contribution in [0.2, 0.25) is 0 Å². The van der Waals surface area contributed by atoms with Crippen LogP contribution in [-0.2, 0) is 6.42 Å². The van der Waals surface area contributed by atoms with Crippen LogP contribution < -0.4 is 4.90 Å². The SMILES string of the molecule is c1ccc(-c2cccc(Sc3cc(N(c4ccc5c(c4)Cc4ccccc4-5)c4ccc5sc6c(-c7ccccc7)cccc6c5c4)ccc3-c3ccccc3)c2)cc1. The molecule has 0 amide bonds. The van der Waals surface area contributed by atoms with Crippen molar-refractivity contribution in [2.24, 2.45) is 0 Å². The fraction of sp³-hybridized carbons (Fsp3) is 0.0182. The van der Waals surface area contributed by atoms with Crippen LogP contribution >= 0.6 is 23.1 Å². The lowest BCUT2D eigenvalue weighted by Crippen LogP contribution is -2.10. The van der Waals surface area contributed by atoms with Gasteiger partial charge in [-0.1, -0.05) is 169 Å². The molecule has 10 aromatic rings. The lowest BCUT2D eigenvalue weighted by atomic mass is 10.0. The topological polar surface area (TPSA) is 3.24 Å². The molecule has 274 valence electrons. The van der Waals surface area contributed by atoms with Crippen molar-refractivity contribution in [3.05, 3.63) is 223 Å². The molecule has 1 aliphatic carbocycles. The first-order valence-corrected chi connectivity index (χ1v) is 21.4. The standard InChI is InChI=1S/C55H37NS2/c1-4-14-37(15-5-1)40-21-12-22-46(34-40)57-54-36-45(27-30-49(54)38-16-6-2-7-17-38)56(43-26-29-48-42(33-43)32-41-20-10-11-23-47(41)48)44-28-31-53-52(35-44)51-25-13-24-50(55(51)58-53)39-18-8-3-9-19-39/h1-31,33-36H,32H2. The molecule has 1 aromatic heterocycles. The van der Waals surface area contributed by atoms with Gasteiger partial charge in [-0.05, 0) is 117 Å². The van der Waals surface area contributed by atoms with Gasteiger partial charge in [-0.15, -0.1) is 11.3 Å². The number of rotatable bonds is 8. The average Bonchev–Trinajstić information content (AvgIpc) is 3.85. The fourth-order valence-electron chi connectivity index (χ4n) is 8.58. The van der Waals surface area contributed by atoms with Gasteiger partial charge in [-0.2, -0.15) is 0 Å². The van der Waals surface area contributed by atoms with Gasteiger partial charge in [0.25, 0.3) is 0 Å². The van der Waals surface area contributed by atoms with E-state index < -0.39 is 0 Å². The number of hydrogen-bond donors (Lipinski definition) is 0. The van der Waals surface area contributed by atoms with Gasteiger partial charge in [-0.3, -0.25) is 0 Å². The van der Waals surface area contributed by atoms with Crippen molar-refractivity contribution in [2.75, 3.05) is 4.90 Å². The van der Waals surface area contributed by atoms with Crippen molar-refractivity contribution in [3.8, 4) is 44.5 Å². The summed E-state index contributed by atoms with van der Waals surface area (Å²) in [5.74, 6) is 0. The molecule has 3 heteroatoms. The van der Waals surface area contributed by atoms with Crippen LogP contribution in [0.25, 0.3) is 64.7 Å². The maximum atomic E-state index is 2.46. The molecule has 58 heavy (non-hydrogen) atoms. The largest absolute Gasteiger partial charge is 0.310 e. The first-order chi connectivity index (χ1) is 28.7. The van der Waals surface area contributed by atoms with Gasteiger partial charge in [0.05, 0.1) is 0 Å². The van der Waals surface area contributed by atoms with E-state index in [2.05, 4.69) is 217 Å². The van der Waals surface area contributed by atoms with E-state index in [-0.39, 0.29) is 0 Å². The van der Waals surface area contributed by atoms with E-state index >= 15 is 0 Å². The Labute approximate surface area is 347 Å². The normalized spacial score (nSPS) is 11.8. The van der Waals surface area contributed by atoms with Gasteiger partial charge in [-0.25, -0.2) is 0 Å². The summed E-state index contributed by atoms with van der Waals surface area (Å²) in [5, 5.41) is 2.57. The molecule has 1 nitrogen and oxygen atoms in total. The summed E-state index contributed by atoms with van der Waals surface area (Å²) in [4.78, 5) is 4.88. The van der Waals surface area contributed by atoms with E-state index in [0.717, 1.165) is 23.5 Å². The second kappa shape index (κ2) is 14.7. The predicted octanol–water partition coefficient (Wildman–Crippen LogP) is 16.2. The molecule has 1 aliphatic rings. The first kappa shape index (κ1) is 34.6. The maximum Gasteiger partial charge on any atom is 0.0473 e. The van der Waals surface area contributed by atoms with E-state index in [1.807, 2.05) is 23.1 Å². The number of benzene rings is 9. The predicted molar refractivity (Wildman–Crippen MR) is 249 cm³/mol. The molecular weight excluding hydrogens is 739 g/mol. The molecule has 11 rings (SSSR count). The number of nitrogens with zero attached hydrogens (tertiary/aromatic N) is 1. The minimum Gasteiger partial charge on any atom is -0.310 e. The van der Waals surface area contributed by atoms with Gasteiger partial charge in [0, 0.05) is 47.0 Å². The molecule has 0 aliphatic heterocycles. The lowest BCUT2D eigenvalue weighted by molar-refractivity contribution is 1.23. The monoisotopic (exact) mass is 775 g/mol. The number of hydrogen-bond acceptors (Lipinski definition) is 3. The molecule has 0 atom stereocenters. The Kier molecular flexibility index (Phi) is 8.76. The van der Waals surface area contributed by atoms with Gasteiger partial charge < -0.3 is 4.90 Å². The molecule has 1 heterocycles. The van der Waals surface area contributed by atoms with Gasteiger partial charge in [0.15, 0.2) is 0 Å². The van der Waals surface area contributed by atoms with Gasteiger partial charge in [0.1, 0.15) is 0 Å². The summed E-state index contributed by atoms with van der Waals surface area (Å²) in [6.07, 6.45) is 0.940. The van der Waals surface area contributed by atoms with E-state index in [4.69, 9.17) is 0 Å². The fourth-order valence-corrected chi connectivity index (χ4v) is 10.9. The van der Waals surface area contributed by atoms with E-state index in [1.54, 1.807) is 0 Å². The van der Waals surface area contributed by atoms with Gasteiger partial charge >= 0.3 is 0 Å². The van der Waals surface area contributed by atoms with Crippen molar-refractivity contribution in [3.63, 3.8) is 0 Å². The van der Waals surface area contributed by atoms with Crippen molar-refractivity contribution in [1.82, 2.24) is 0 Å². The summed E-state index contributed by atoms with van der Waals surface area (Å²) in [7, 11) is 0. The average molecular weight is 776 g/mol. The Hall–Kier alpha value is -6.65. The Morgan fingerprint density at radius 1 is 0.379 bits per heavy atom. The third-order valence-corrected chi connectivity index (χ3v) is 13.6. The Morgan fingerprint density at radius 3 is 1.76 bits per heavy atom. The maximum absolute atomic E-state index is 2.46. The second-order valence-electron chi connectivity index (χ2n) is 14.9. The van der Waals surface area contributed by atoms with Crippen LogP contribution in [0.15, 0.2) is 222 Å². The molecule has 9 aromatic carbocycles. The van der Waals surface area contributed by atoms with Crippen molar-refractivity contribution >= 4 is 60.3 Å². The highest BCUT2D eigenvalue weighted by Gasteiger charge is 2.23. The van der Waals surface area contributed by atoms with Crippen LogP contribution in [-0.4, -0.2) is 0 Å². The van der Waals surface area contributed by atoms with Gasteiger partial charge in [0.2, 0.25) is 0 Å². The minimum absolute atomic E-state index is 0.940. The summed E-state index contributed by atoms with van der Waals surface area (Å²) in [6.45, 7) is 0. The molecule has 0 unspecified atom stereocenters. The van der Waals surface area contributed by atoms with E-state index in [9.17, 15) is 0 Å². The number of fused-ring (bicyclic) bond motifs is 6. The van der Waals surface area contributed by atoms with Crippen molar-refractivity contribution in [2.45, 2.75) is 16.2 Å². The minimum atomic E-state index is 0.940. The summed E-state index contributed by atoms with van der Waals surface area (Å²) < 4.78 is 2.62. The zero-order valence-corrected chi connectivity index (χ0v) is 33.3. The Bertz CT molecular complexity index is 3110. The summed E-state index contributed by atoms with van der Waals surface area (Å²) in [6, 6.07) is 77.8. The van der Waals surface area contributed by atoms with Crippen LogP contribution in [0.1, 0.15) is 11.1 Å². The molecule has 0 N–H and O–H groups in total. The summed E-state index contributed by atoms with van der Waals surface area (Å²) in [5.41, 5.74) is 16.3. The van der Waals surface area contributed by atoms with Crippen molar-refractivity contribution < 1.29 is 0 Å². The van der Waals surface area contributed by atoms with Crippen LogP contribution in [0.3, 0.4) is 0 Å². The van der Waals surface area contributed by atoms with Crippen LogP contribution in [0.4, 0.5) is 17.1 Å². The van der Waals surface area contributed by atoms with E-state index in [0.29, 0.717) is 0 Å². The highest BCUT2D eigenvalue weighted by molar-refractivity contribution is 7.99. The lowest BCUT2D eigenvalue weighted by Gasteiger charge is -2.27. The Morgan fingerprint density at radius 2 is 0.966 bits per heavy atom. The molecular formula is C55H37NS2. The van der Waals surface area contributed by atoms with Crippen molar-refractivity contribution in [1.29, 1.82) is 0 Å². The molecule has 0 saturated heterocycles. The highest BCUT2D eigenvalue weighted by Crippen LogP contribution is 2.47. The van der Waals surface area contributed by atoms with Crippen LogP contribution in [0, 0.1) is 0 Å². The van der Waals surface area contributed by atoms with E-state index in [1.165, 1.54) is 85.6 Å². The number of anilines is 3. The number of thiophene rings is 1. The summed E-state index contributed by atoms with van der Waals surface area (Å²) >= 11 is 3.72. The Balaban J connectivity index is 1.08. The third kappa shape index (κ3) is 6.30. The molecule has 0 fully saturated rings. The third-order valence-electron chi connectivity index (χ3n) is 11.3. The molecule has 0 saturated carbocycles. The quantitative estimate of drug-likeness (QED) is 0.151.